The van der Waals surface area contributed by atoms with Crippen LogP contribution in [0, 0.1) is 3.70 Å². The van der Waals surface area contributed by atoms with Gasteiger partial charge in [-0.15, -0.1) is 0 Å². The summed E-state index contributed by atoms with van der Waals surface area (Å²) in [4.78, 5) is 14.9. The highest BCUT2D eigenvalue weighted by atomic mass is 127. The molecular formula is C8H5IN2O2. The number of carboxylic acids is 1. The number of aromatic nitrogens is 2. The minimum absolute atomic E-state index is 0.236. The SMILES string of the molecule is O=C(O)c1cccc2ncc(I)n12. The zero-order valence-corrected chi connectivity index (χ0v) is 8.59. The minimum Gasteiger partial charge on any atom is -0.477 e. The average molecular weight is 288 g/mol. The van der Waals surface area contributed by atoms with Gasteiger partial charge in [0.2, 0.25) is 0 Å². The van der Waals surface area contributed by atoms with Gasteiger partial charge in [0.15, 0.2) is 0 Å². The number of hydrogen-bond acceptors (Lipinski definition) is 2. The number of nitrogens with zero attached hydrogens (tertiary/aromatic N) is 2. The van der Waals surface area contributed by atoms with Crippen molar-refractivity contribution < 1.29 is 9.90 Å². The second-order valence-electron chi connectivity index (χ2n) is 2.49. The second-order valence-corrected chi connectivity index (χ2v) is 3.60. The van der Waals surface area contributed by atoms with Gasteiger partial charge >= 0.3 is 5.97 Å². The molecule has 0 unspecified atom stereocenters. The third kappa shape index (κ3) is 1.28. The van der Waals surface area contributed by atoms with Gasteiger partial charge in [-0.3, -0.25) is 4.40 Å². The van der Waals surface area contributed by atoms with Crippen molar-refractivity contribution in [1.29, 1.82) is 0 Å². The third-order valence-corrected chi connectivity index (χ3v) is 2.47. The van der Waals surface area contributed by atoms with Gasteiger partial charge in [0, 0.05) is 0 Å². The molecule has 2 aromatic rings. The number of hydrogen-bond donors (Lipinski definition) is 1. The van der Waals surface area contributed by atoms with Crippen molar-refractivity contribution in [3.05, 3.63) is 33.8 Å². The predicted octanol–water partition coefficient (Wildman–Crippen LogP) is 1.64. The molecule has 0 bridgehead atoms. The van der Waals surface area contributed by atoms with Crippen molar-refractivity contribution in [2.45, 2.75) is 0 Å². The highest BCUT2D eigenvalue weighted by molar-refractivity contribution is 14.1. The van der Waals surface area contributed by atoms with E-state index in [2.05, 4.69) is 4.98 Å². The molecule has 0 saturated carbocycles. The maximum atomic E-state index is 10.8. The molecule has 66 valence electrons. The van der Waals surface area contributed by atoms with Crippen molar-refractivity contribution in [2.75, 3.05) is 0 Å². The van der Waals surface area contributed by atoms with Gasteiger partial charge in [-0.25, -0.2) is 9.78 Å². The number of fused-ring (bicyclic) bond motifs is 1. The first-order valence-corrected chi connectivity index (χ1v) is 4.63. The maximum absolute atomic E-state index is 10.8. The molecule has 1 N–H and O–H groups in total. The molecular weight excluding hydrogens is 283 g/mol. The van der Waals surface area contributed by atoms with Gasteiger partial charge in [-0.2, -0.15) is 0 Å². The lowest BCUT2D eigenvalue weighted by atomic mass is 10.3. The van der Waals surface area contributed by atoms with Crippen LogP contribution in [0.5, 0.6) is 0 Å². The van der Waals surface area contributed by atoms with E-state index in [4.69, 9.17) is 5.11 Å². The van der Waals surface area contributed by atoms with E-state index in [0.29, 0.717) is 5.65 Å². The molecule has 0 aliphatic carbocycles. The molecule has 5 heteroatoms. The number of halogens is 1. The van der Waals surface area contributed by atoms with E-state index in [-0.39, 0.29) is 5.69 Å². The quantitative estimate of drug-likeness (QED) is 0.812. The Morgan fingerprint density at radius 3 is 3.00 bits per heavy atom. The fourth-order valence-electron chi connectivity index (χ4n) is 1.17. The van der Waals surface area contributed by atoms with Gasteiger partial charge < -0.3 is 5.11 Å². The van der Waals surface area contributed by atoms with Crippen molar-refractivity contribution in [2.24, 2.45) is 0 Å². The van der Waals surface area contributed by atoms with Crippen LogP contribution in [0.25, 0.3) is 5.65 Å². The molecule has 0 amide bonds. The molecule has 0 fully saturated rings. The molecule has 13 heavy (non-hydrogen) atoms. The molecule has 0 spiro atoms. The summed E-state index contributed by atoms with van der Waals surface area (Å²) < 4.78 is 2.40. The second kappa shape index (κ2) is 2.99. The summed E-state index contributed by atoms with van der Waals surface area (Å²) >= 11 is 2.05. The van der Waals surface area contributed by atoms with Crippen molar-refractivity contribution in [3.63, 3.8) is 0 Å². The summed E-state index contributed by atoms with van der Waals surface area (Å²) in [6.07, 6.45) is 1.64. The molecule has 0 atom stereocenters. The zero-order chi connectivity index (χ0) is 9.42. The van der Waals surface area contributed by atoms with Gasteiger partial charge in [0.25, 0.3) is 0 Å². The van der Waals surface area contributed by atoms with E-state index < -0.39 is 5.97 Å². The standard InChI is InChI=1S/C8H5IN2O2/c9-6-4-10-7-3-1-2-5(8(12)13)11(6)7/h1-4H,(H,12,13). The van der Waals surface area contributed by atoms with Crippen LogP contribution in [0.1, 0.15) is 10.5 Å². The zero-order valence-electron chi connectivity index (χ0n) is 6.44. The van der Waals surface area contributed by atoms with Crippen LogP contribution in [0.15, 0.2) is 24.4 Å². The molecule has 0 aliphatic rings. The predicted molar refractivity (Wildman–Crippen MR) is 54.9 cm³/mol. The van der Waals surface area contributed by atoms with Crippen LogP contribution >= 0.6 is 22.6 Å². The van der Waals surface area contributed by atoms with Crippen LogP contribution in [-0.4, -0.2) is 20.5 Å². The molecule has 0 radical (unpaired) electrons. The largest absolute Gasteiger partial charge is 0.477 e. The molecule has 0 aromatic carbocycles. The van der Waals surface area contributed by atoms with Crippen molar-refractivity contribution in [3.8, 4) is 0 Å². The number of carbonyl (C=O) groups is 1. The first-order valence-electron chi connectivity index (χ1n) is 3.55. The Balaban J connectivity index is 2.88. The Labute approximate surface area is 87.4 Å². The fraction of sp³-hybridized carbons (Fsp3) is 0. The van der Waals surface area contributed by atoms with E-state index in [0.717, 1.165) is 3.70 Å². The Bertz CT molecular complexity index is 478. The first-order chi connectivity index (χ1) is 6.20. The van der Waals surface area contributed by atoms with Crippen LogP contribution in [0.3, 0.4) is 0 Å². The monoisotopic (exact) mass is 288 g/mol. The molecule has 0 saturated heterocycles. The minimum atomic E-state index is -0.943. The molecule has 4 nitrogen and oxygen atoms in total. The highest BCUT2D eigenvalue weighted by Crippen LogP contribution is 2.12. The first kappa shape index (κ1) is 8.49. The van der Waals surface area contributed by atoms with Gasteiger partial charge in [0.05, 0.1) is 6.20 Å². The van der Waals surface area contributed by atoms with Crippen LogP contribution in [0.4, 0.5) is 0 Å². The molecule has 2 rings (SSSR count). The van der Waals surface area contributed by atoms with E-state index in [1.165, 1.54) is 0 Å². The van der Waals surface area contributed by atoms with Gasteiger partial charge in [-0.05, 0) is 34.7 Å². The van der Waals surface area contributed by atoms with Crippen LogP contribution in [-0.2, 0) is 0 Å². The summed E-state index contributed by atoms with van der Waals surface area (Å²) in [6, 6.07) is 5.01. The summed E-state index contributed by atoms with van der Waals surface area (Å²) in [7, 11) is 0. The summed E-state index contributed by atoms with van der Waals surface area (Å²) in [6.45, 7) is 0. The summed E-state index contributed by atoms with van der Waals surface area (Å²) in [5.74, 6) is -0.943. The van der Waals surface area contributed by atoms with Crippen LogP contribution in [0.2, 0.25) is 0 Å². The van der Waals surface area contributed by atoms with Crippen molar-refractivity contribution in [1.82, 2.24) is 9.38 Å². The molecule has 2 aromatic heterocycles. The Morgan fingerprint density at radius 1 is 1.54 bits per heavy atom. The topological polar surface area (TPSA) is 54.6 Å². The van der Waals surface area contributed by atoms with Crippen LogP contribution < -0.4 is 0 Å². The van der Waals surface area contributed by atoms with E-state index in [1.54, 1.807) is 28.8 Å². The maximum Gasteiger partial charge on any atom is 0.352 e. The normalized spacial score (nSPS) is 10.5. The van der Waals surface area contributed by atoms with E-state index in [1.807, 2.05) is 22.6 Å². The lowest BCUT2D eigenvalue weighted by Crippen LogP contribution is -2.05. The van der Waals surface area contributed by atoms with Gasteiger partial charge in [0.1, 0.15) is 15.0 Å². The Kier molecular flexibility index (Phi) is 1.95. The van der Waals surface area contributed by atoms with Crippen molar-refractivity contribution >= 4 is 34.2 Å². The fourth-order valence-corrected chi connectivity index (χ4v) is 1.81. The number of aromatic carboxylic acids is 1. The Hall–Kier alpha value is -1.11. The van der Waals surface area contributed by atoms with Gasteiger partial charge in [-0.1, -0.05) is 6.07 Å². The Morgan fingerprint density at radius 2 is 2.31 bits per heavy atom. The number of pyridine rings is 1. The lowest BCUT2D eigenvalue weighted by molar-refractivity contribution is 0.0688. The average Bonchev–Trinajstić information content (AvgIpc) is 2.48. The number of carboxylic acid groups (broad SMARTS) is 1. The smallest absolute Gasteiger partial charge is 0.352 e. The highest BCUT2D eigenvalue weighted by Gasteiger charge is 2.10. The number of rotatable bonds is 1. The molecule has 0 aliphatic heterocycles. The third-order valence-electron chi connectivity index (χ3n) is 1.71. The summed E-state index contributed by atoms with van der Waals surface area (Å²) in [5, 5.41) is 8.87. The van der Waals surface area contributed by atoms with E-state index >= 15 is 0 Å². The van der Waals surface area contributed by atoms with E-state index in [9.17, 15) is 4.79 Å². The lowest BCUT2D eigenvalue weighted by Gasteiger charge is -2.00. The molecule has 2 heterocycles. The number of imidazole rings is 1. The summed E-state index contributed by atoms with van der Waals surface area (Å²) in [5.41, 5.74) is 0.892.